The minimum Gasteiger partial charge on any atom is -0.383 e. The van der Waals surface area contributed by atoms with Crippen molar-refractivity contribution in [3.63, 3.8) is 0 Å². The number of amides is 1. The quantitative estimate of drug-likeness (QED) is 0.530. The van der Waals surface area contributed by atoms with Gasteiger partial charge >= 0.3 is 0 Å². The van der Waals surface area contributed by atoms with Gasteiger partial charge in [0, 0.05) is 20.3 Å². The Bertz CT molecular complexity index is 165. The second-order valence-electron chi connectivity index (χ2n) is 3.32. The zero-order chi connectivity index (χ0) is 11.5. The maximum atomic E-state index is 11.3. The number of unbranched alkanes of at least 4 members (excludes halogenated alkanes) is 1. The van der Waals surface area contributed by atoms with E-state index in [1.807, 2.05) is 0 Å². The Morgan fingerprint density at radius 2 is 2.20 bits per heavy atom. The molecule has 1 unspecified atom stereocenters. The van der Waals surface area contributed by atoms with E-state index in [1.165, 1.54) is 7.11 Å². The molecule has 0 heterocycles. The Hall–Kier alpha value is -0.650. The number of rotatable bonds is 9. The van der Waals surface area contributed by atoms with Crippen molar-refractivity contribution in [2.24, 2.45) is 5.73 Å². The van der Waals surface area contributed by atoms with Crippen LogP contribution < -0.4 is 11.1 Å². The molecule has 0 aromatic carbocycles. The lowest BCUT2D eigenvalue weighted by atomic mass is 10.3. The van der Waals surface area contributed by atoms with Crippen LogP contribution in [0.3, 0.4) is 0 Å². The Morgan fingerprint density at radius 1 is 1.47 bits per heavy atom. The zero-order valence-corrected chi connectivity index (χ0v) is 9.62. The second-order valence-corrected chi connectivity index (χ2v) is 3.32. The first-order valence-electron chi connectivity index (χ1n) is 5.32. The number of nitrogens with two attached hydrogens (primary N) is 1. The molecule has 0 aliphatic rings. The van der Waals surface area contributed by atoms with Crippen LogP contribution in [0.15, 0.2) is 0 Å². The molecule has 1 atom stereocenters. The Labute approximate surface area is 91.3 Å². The third-order valence-corrected chi connectivity index (χ3v) is 1.87. The zero-order valence-electron chi connectivity index (χ0n) is 9.62. The van der Waals surface area contributed by atoms with Gasteiger partial charge < -0.3 is 20.5 Å². The normalized spacial score (nSPS) is 12.5. The molecule has 0 radical (unpaired) electrons. The maximum absolute atomic E-state index is 11.3. The van der Waals surface area contributed by atoms with Gasteiger partial charge in [0.1, 0.15) is 6.04 Å². The summed E-state index contributed by atoms with van der Waals surface area (Å²) in [5.41, 5.74) is 5.51. The highest BCUT2D eigenvalue weighted by molar-refractivity contribution is 5.81. The Morgan fingerprint density at radius 3 is 2.80 bits per heavy atom. The van der Waals surface area contributed by atoms with Gasteiger partial charge in [0.15, 0.2) is 0 Å². The van der Waals surface area contributed by atoms with Crippen LogP contribution in [-0.2, 0) is 14.3 Å². The van der Waals surface area contributed by atoms with Crippen LogP contribution in [0.4, 0.5) is 0 Å². The molecular formula is C10H22N2O3. The van der Waals surface area contributed by atoms with Gasteiger partial charge in [-0.1, -0.05) is 13.3 Å². The van der Waals surface area contributed by atoms with Gasteiger partial charge in [0.25, 0.3) is 0 Å². The number of methoxy groups -OCH3 is 1. The van der Waals surface area contributed by atoms with Crippen molar-refractivity contribution >= 4 is 5.91 Å². The van der Waals surface area contributed by atoms with E-state index in [1.54, 1.807) is 0 Å². The van der Waals surface area contributed by atoms with Crippen LogP contribution in [0.5, 0.6) is 0 Å². The van der Waals surface area contributed by atoms with Gasteiger partial charge in [-0.15, -0.1) is 0 Å². The summed E-state index contributed by atoms with van der Waals surface area (Å²) in [4.78, 5) is 11.3. The first kappa shape index (κ1) is 14.3. The topological polar surface area (TPSA) is 73.6 Å². The van der Waals surface area contributed by atoms with Crippen molar-refractivity contribution in [2.45, 2.75) is 25.8 Å². The van der Waals surface area contributed by atoms with E-state index in [9.17, 15) is 4.79 Å². The van der Waals surface area contributed by atoms with Gasteiger partial charge in [0.05, 0.1) is 13.2 Å². The molecule has 5 heteroatoms. The summed E-state index contributed by atoms with van der Waals surface area (Å²) in [6.07, 6.45) is 2.17. The van der Waals surface area contributed by atoms with E-state index in [2.05, 4.69) is 12.2 Å². The van der Waals surface area contributed by atoms with Crippen LogP contribution in [0.2, 0.25) is 0 Å². The second kappa shape index (κ2) is 9.89. The molecule has 0 bridgehead atoms. The summed E-state index contributed by atoms with van der Waals surface area (Å²) in [5.74, 6) is -0.198. The monoisotopic (exact) mass is 218 g/mol. The molecule has 3 N–H and O–H groups in total. The molecule has 0 rings (SSSR count). The summed E-state index contributed by atoms with van der Waals surface area (Å²) in [7, 11) is 1.51. The lowest BCUT2D eigenvalue weighted by molar-refractivity contribution is -0.123. The van der Waals surface area contributed by atoms with Crippen LogP contribution >= 0.6 is 0 Å². The van der Waals surface area contributed by atoms with Gasteiger partial charge in [-0.05, 0) is 6.42 Å². The van der Waals surface area contributed by atoms with Crippen LogP contribution in [0.25, 0.3) is 0 Å². The van der Waals surface area contributed by atoms with Crippen molar-refractivity contribution in [1.29, 1.82) is 0 Å². The average molecular weight is 218 g/mol. The largest absolute Gasteiger partial charge is 0.383 e. The van der Waals surface area contributed by atoms with Crippen molar-refractivity contribution in [1.82, 2.24) is 5.32 Å². The summed E-state index contributed by atoms with van der Waals surface area (Å²) >= 11 is 0. The summed E-state index contributed by atoms with van der Waals surface area (Å²) in [6.45, 7) is 4.12. The molecule has 0 aliphatic heterocycles. The van der Waals surface area contributed by atoms with Crippen molar-refractivity contribution in [2.75, 3.05) is 33.5 Å². The number of hydrogen-bond acceptors (Lipinski definition) is 4. The number of carbonyl (C=O) groups is 1. The summed E-state index contributed by atoms with van der Waals surface area (Å²) < 4.78 is 10.0. The minimum absolute atomic E-state index is 0.198. The van der Waals surface area contributed by atoms with Crippen molar-refractivity contribution in [3.05, 3.63) is 0 Å². The third kappa shape index (κ3) is 8.35. The predicted molar refractivity (Wildman–Crippen MR) is 58.6 cm³/mol. The lowest BCUT2D eigenvalue weighted by Crippen LogP contribution is -2.44. The van der Waals surface area contributed by atoms with E-state index in [-0.39, 0.29) is 12.5 Å². The van der Waals surface area contributed by atoms with E-state index < -0.39 is 6.04 Å². The standard InChI is InChI=1S/C10H22N2O3/c1-3-4-6-15-7-5-12-10(13)9(11)8-14-2/h9H,3-8,11H2,1-2H3,(H,12,13). The van der Waals surface area contributed by atoms with E-state index >= 15 is 0 Å². The minimum atomic E-state index is -0.592. The van der Waals surface area contributed by atoms with E-state index in [0.717, 1.165) is 19.4 Å². The number of carbonyl (C=O) groups excluding carboxylic acids is 1. The molecule has 0 saturated heterocycles. The van der Waals surface area contributed by atoms with E-state index in [0.29, 0.717) is 13.2 Å². The van der Waals surface area contributed by atoms with Gasteiger partial charge in [-0.2, -0.15) is 0 Å². The highest BCUT2D eigenvalue weighted by Crippen LogP contribution is 1.87. The summed E-state index contributed by atoms with van der Waals surface area (Å²) in [6, 6.07) is -0.592. The Balaban J connectivity index is 3.30. The van der Waals surface area contributed by atoms with Gasteiger partial charge in [-0.25, -0.2) is 0 Å². The van der Waals surface area contributed by atoms with E-state index in [4.69, 9.17) is 15.2 Å². The predicted octanol–water partition coefficient (Wildman–Crippen LogP) is -0.107. The van der Waals surface area contributed by atoms with Crippen molar-refractivity contribution < 1.29 is 14.3 Å². The first-order valence-corrected chi connectivity index (χ1v) is 5.32. The fraction of sp³-hybridized carbons (Fsp3) is 0.900. The molecule has 0 saturated carbocycles. The molecule has 5 nitrogen and oxygen atoms in total. The molecule has 1 amide bonds. The molecule has 0 aromatic heterocycles. The van der Waals surface area contributed by atoms with Gasteiger partial charge in [-0.3, -0.25) is 4.79 Å². The van der Waals surface area contributed by atoms with Gasteiger partial charge in [0.2, 0.25) is 5.91 Å². The van der Waals surface area contributed by atoms with Crippen LogP contribution in [0.1, 0.15) is 19.8 Å². The number of nitrogens with one attached hydrogen (secondary N) is 1. The molecule has 0 spiro atoms. The fourth-order valence-corrected chi connectivity index (χ4v) is 0.981. The fourth-order valence-electron chi connectivity index (χ4n) is 0.981. The number of hydrogen-bond donors (Lipinski definition) is 2. The Kier molecular flexibility index (Phi) is 9.46. The highest BCUT2D eigenvalue weighted by Gasteiger charge is 2.11. The smallest absolute Gasteiger partial charge is 0.239 e. The molecule has 0 aliphatic carbocycles. The maximum Gasteiger partial charge on any atom is 0.239 e. The van der Waals surface area contributed by atoms with Crippen LogP contribution in [0, 0.1) is 0 Å². The molecule has 0 aromatic rings. The highest BCUT2D eigenvalue weighted by atomic mass is 16.5. The van der Waals surface area contributed by atoms with Crippen LogP contribution in [-0.4, -0.2) is 45.4 Å². The molecule has 0 fully saturated rings. The first-order chi connectivity index (χ1) is 7.22. The average Bonchev–Trinajstić information content (AvgIpc) is 2.23. The van der Waals surface area contributed by atoms with Crippen molar-refractivity contribution in [3.8, 4) is 0 Å². The molecule has 90 valence electrons. The summed E-state index contributed by atoms with van der Waals surface area (Å²) in [5, 5.41) is 2.68. The number of ether oxygens (including phenoxy) is 2. The molecular weight excluding hydrogens is 196 g/mol. The molecule has 15 heavy (non-hydrogen) atoms. The lowest BCUT2D eigenvalue weighted by Gasteiger charge is -2.11. The third-order valence-electron chi connectivity index (χ3n) is 1.87. The SMILES string of the molecule is CCCCOCCNC(=O)C(N)COC.